The lowest BCUT2D eigenvalue weighted by Gasteiger charge is -2.42. The van der Waals surface area contributed by atoms with Gasteiger partial charge in [-0.25, -0.2) is 9.37 Å². The maximum atomic E-state index is 14.4. The lowest BCUT2D eigenvalue weighted by Crippen LogP contribution is -2.45. The zero-order chi connectivity index (χ0) is 33.7. The van der Waals surface area contributed by atoms with E-state index in [0.717, 1.165) is 41.5 Å². The molecule has 0 spiro atoms. The van der Waals surface area contributed by atoms with Crippen LogP contribution in [0.25, 0.3) is 5.65 Å². The van der Waals surface area contributed by atoms with Gasteiger partial charge in [-0.1, -0.05) is 6.07 Å². The van der Waals surface area contributed by atoms with Crippen molar-refractivity contribution in [3.63, 3.8) is 0 Å². The SMILES string of the molecule is CCOC(=O)CC(c1ccc(C)c(CN2C[C@@H]3CCCCN3c3ncc(F)cc3S2(O)O)n1)c1ccn2c(C(F)(F)F)nnc2c1C. The van der Waals surface area contributed by atoms with Gasteiger partial charge in [0.1, 0.15) is 10.7 Å². The second-order valence-corrected chi connectivity index (χ2v) is 13.8. The number of aryl methyl sites for hydroxylation is 2. The van der Waals surface area contributed by atoms with Crippen molar-refractivity contribution in [2.24, 2.45) is 0 Å². The Morgan fingerprint density at radius 1 is 1.17 bits per heavy atom. The molecule has 1 unspecified atom stereocenters. The van der Waals surface area contributed by atoms with Gasteiger partial charge in [0.25, 0.3) is 0 Å². The molecule has 2 aliphatic heterocycles. The minimum absolute atomic E-state index is 0.00827. The standard InChI is InChI=1S/C31H35F4N7O4S/c1-4-46-27(43)14-23(22-10-12-42-28(19(22)3)38-39-30(42)31(33,34)35)24-9-8-18(2)25(37-24)17-40-16-21-7-5-6-11-41(21)29-26(47(40,44)45)13-20(32)15-36-29/h8-10,12-13,15,21,23,44-45H,4-7,11,14,16-17H2,1-3H3/t21-,23?/m0/s1. The van der Waals surface area contributed by atoms with Crippen molar-refractivity contribution < 1.29 is 36.2 Å². The van der Waals surface area contributed by atoms with Gasteiger partial charge in [-0.3, -0.25) is 23.3 Å². The zero-order valence-electron chi connectivity index (χ0n) is 26.0. The van der Waals surface area contributed by atoms with E-state index in [-0.39, 0.29) is 42.7 Å². The summed E-state index contributed by atoms with van der Waals surface area (Å²) >= 11 is 0. The molecule has 16 heteroatoms. The quantitative estimate of drug-likeness (QED) is 0.170. The van der Waals surface area contributed by atoms with E-state index in [9.17, 15) is 31.5 Å². The van der Waals surface area contributed by atoms with E-state index in [4.69, 9.17) is 9.72 Å². The van der Waals surface area contributed by atoms with Crippen LogP contribution in [0, 0.1) is 19.7 Å². The summed E-state index contributed by atoms with van der Waals surface area (Å²) in [4.78, 5) is 24.1. The van der Waals surface area contributed by atoms with Gasteiger partial charge in [0.15, 0.2) is 11.5 Å². The number of esters is 1. The predicted molar refractivity (Wildman–Crippen MR) is 165 cm³/mol. The summed E-state index contributed by atoms with van der Waals surface area (Å²) in [6.45, 7) is 6.16. The summed E-state index contributed by atoms with van der Waals surface area (Å²) in [5.41, 5.74) is 2.56. The monoisotopic (exact) mass is 677 g/mol. The normalized spacial score (nSPS) is 19.5. The van der Waals surface area contributed by atoms with Crippen molar-refractivity contribution in [3.8, 4) is 0 Å². The highest BCUT2D eigenvalue weighted by atomic mass is 32.3. The maximum absolute atomic E-state index is 14.4. The molecular formula is C31H35F4N7O4S. The molecule has 11 nitrogen and oxygen atoms in total. The van der Waals surface area contributed by atoms with Crippen molar-refractivity contribution in [1.29, 1.82) is 0 Å². The van der Waals surface area contributed by atoms with Crippen LogP contribution in [0.5, 0.6) is 0 Å². The smallest absolute Gasteiger partial charge is 0.452 e. The van der Waals surface area contributed by atoms with Gasteiger partial charge >= 0.3 is 12.1 Å². The highest BCUT2D eigenvalue weighted by Crippen LogP contribution is 2.58. The molecule has 47 heavy (non-hydrogen) atoms. The van der Waals surface area contributed by atoms with Gasteiger partial charge < -0.3 is 9.64 Å². The van der Waals surface area contributed by atoms with Crippen LogP contribution in [-0.4, -0.2) is 69.7 Å². The highest BCUT2D eigenvalue weighted by molar-refractivity contribution is 8.22. The molecule has 252 valence electrons. The Balaban J connectivity index is 1.41. The number of nitrogens with zero attached hydrogens (tertiary/aromatic N) is 7. The second-order valence-electron chi connectivity index (χ2n) is 11.8. The Morgan fingerprint density at radius 3 is 2.70 bits per heavy atom. The first-order chi connectivity index (χ1) is 22.3. The molecule has 0 saturated carbocycles. The van der Waals surface area contributed by atoms with Crippen LogP contribution in [0.15, 0.2) is 41.6 Å². The number of ether oxygens (including phenoxy) is 1. The number of fused-ring (bicyclic) bond motifs is 4. The van der Waals surface area contributed by atoms with Crippen molar-refractivity contribution >= 4 is 28.2 Å². The van der Waals surface area contributed by atoms with E-state index < -0.39 is 40.5 Å². The van der Waals surface area contributed by atoms with E-state index in [0.29, 0.717) is 34.9 Å². The third kappa shape index (κ3) is 6.26. The summed E-state index contributed by atoms with van der Waals surface area (Å²) in [5.74, 6) is -2.74. The van der Waals surface area contributed by atoms with Crippen LogP contribution in [-0.2, 0) is 22.3 Å². The molecular weight excluding hydrogens is 642 g/mol. The molecule has 2 atom stereocenters. The number of carbonyl (C=O) groups excluding carboxylic acids is 1. The molecule has 2 aliphatic rings. The van der Waals surface area contributed by atoms with Crippen LogP contribution >= 0.6 is 10.8 Å². The number of anilines is 1. The number of hydrogen-bond acceptors (Lipinski definition) is 10. The van der Waals surface area contributed by atoms with Gasteiger partial charge in [-0.15, -0.1) is 21.0 Å². The van der Waals surface area contributed by atoms with E-state index in [1.54, 1.807) is 26.0 Å². The molecule has 0 amide bonds. The van der Waals surface area contributed by atoms with Gasteiger partial charge in [-0.2, -0.15) is 17.5 Å². The van der Waals surface area contributed by atoms with Gasteiger partial charge in [0.2, 0.25) is 5.82 Å². The molecule has 1 fully saturated rings. The average molecular weight is 678 g/mol. The first kappa shape index (κ1) is 33.1. The summed E-state index contributed by atoms with van der Waals surface area (Å²) in [6.07, 6.45) is 0.0710. The minimum atomic E-state index is -4.72. The number of alkyl halides is 3. The summed E-state index contributed by atoms with van der Waals surface area (Å²) in [5, 5.41) is 7.14. The molecule has 1 saturated heterocycles. The molecule has 0 radical (unpaired) electrons. The first-order valence-electron chi connectivity index (χ1n) is 15.3. The Morgan fingerprint density at radius 2 is 1.96 bits per heavy atom. The van der Waals surface area contributed by atoms with Gasteiger partial charge in [0.05, 0.1) is 31.5 Å². The number of piperidine rings is 1. The highest BCUT2D eigenvalue weighted by Gasteiger charge is 2.41. The third-order valence-electron chi connectivity index (χ3n) is 8.85. The molecule has 4 aromatic heterocycles. The number of halogens is 4. The van der Waals surface area contributed by atoms with Crippen LogP contribution in [0.3, 0.4) is 0 Å². The topological polar surface area (TPSA) is 129 Å². The van der Waals surface area contributed by atoms with Gasteiger partial charge in [0, 0.05) is 43.0 Å². The zero-order valence-corrected chi connectivity index (χ0v) is 26.9. The summed E-state index contributed by atoms with van der Waals surface area (Å²) in [7, 11) is -3.70. The van der Waals surface area contributed by atoms with Crippen molar-refractivity contribution in [3.05, 3.63) is 76.4 Å². The average Bonchev–Trinajstić information content (AvgIpc) is 3.44. The van der Waals surface area contributed by atoms with E-state index in [2.05, 4.69) is 15.2 Å². The molecule has 2 N–H and O–H groups in total. The Bertz CT molecular complexity index is 1820. The fourth-order valence-electron chi connectivity index (χ4n) is 6.47. The summed E-state index contributed by atoms with van der Waals surface area (Å²) in [6, 6.07) is 6.06. The van der Waals surface area contributed by atoms with E-state index in [1.165, 1.54) is 16.6 Å². The number of rotatable bonds is 7. The van der Waals surface area contributed by atoms with Crippen molar-refractivity contribution in [1.82, 2.24) is 28.9 Å². The molecule has 4 aromatic rings. The largest absolute Gasteiger partial charge is 0.466 e. The van der Waals surface area contributed by atoms with Crippen molar-refractivity contribution in [2.75, 3.05) is 24.6 Å². The van der Waals surface area contributed by atoms with Crippen LogP contribution in [0.1, 0.15) is 72.4 Å². The fraction of sp³-hybridized carbons (Fsp3) is 0.452. The maximum Gasteiger partial charge on any atom is 0.452 e. The number of carbonyl (C=O) groups is 1. The fourth-order valence-corrected chi connectivity index (χ4v) is 8.12. The Labute approximate surface area is 270 Å². The third-order valence-corrected chi connectivity index (χ3v) is 10.7. The molecule has 0 bridgehead atoms. The first-order valence-corrected chi connectivity index (χ1v) is 16.8. The number of pyridine rings is 3. The molecule has 0 aromatic carbocycles. The molecule has 6 heterocycles. The van der Waals surface area contributed by atoms with E-state index in [1.807, 2.05) is 11.8 Å². The lowest BCUT2D eigenvalue weighted by atomic mass is 9.89. The Kier molecular flexibility index (Phi) is 8.88. The van der Waals surface area contributed by atoms with Gasteiger partial charge in [-0.05, 0) is 68.9 Å². The number of hydrogen-bond donors (Lipinski definition) is 2. The second kappa shape index (κ2) is 12.6. The lowest BCUT2D eigenvalue weighted by molar-refractivity contribution is -0.145. The van der Waals surface area contributed by atoms with Crippen molar-refractivity contribution in [2.45, 2.75) is 76.0 Å². The summed E-state index contributed by atoms with van der Waals surface area (Å²) < 4.78 is 86.1. The van der Waals surface area contributed by atoms with Crippen LogP contribution < -0.4 is 4.90 Å². The predicted octanol–water partition coefficient (Wildman–Crippen LogP) is 6.28. The molecule has 0 aliphatic carbocycles. The van der Waals surface area contributed by atoms with Crippen LogP contribution in [0.2, 0.25) is 0 Å². The molecule has 6 rings (SSSR count). The Hall–Kier alpha value is -3.86. The number of aromatic nitrogens is 5. The van der Waals surface area contributed by atoms with Crippen LogP contribution in [0.4, 0.5) is 23.4 Å². The van der Waals surface area contributed by atoms with E-state index >= 15 is 0 Å². The minimum Gasteiger partial charge on any atom is -0.466 e.